The topological polar surface area (TPSA) is 79.2 Å². The summed E-state index contributed by atoms with van der Waals surface area (Å²) in [6.45, 7) is 2.36. The first kappa shape index (κ1) is 18.0. The fourth-order valence-corrected chi connectivity index (χ4v) is 4.08. The van der Waals surface area contributed by atoms with Gasteiger partial charge >= 0.3 is 0 Å². The Labute approximate surface area is 163 Å². The van der Waals surface area contributed by atoms with Gasteiger partial charge in [0.15, 0.2) is 0 Å². The second kappa shape index (κ2) is 7.00. The van der Waals surface area contributed by atoms with E-state index in [2.05, 4.69) is 0 Å². The Morgan fingerprint density at radius 2 is 1.61 bits per heavy atom. The van der Waals surface area contributed by atoms with E-state index in [1.807, 2.05) is 25.1 Å². The van der Waals surface area contributed by atoms with E-state index in [4.69, 9.17) is 9.47 Å². The molecule has 0 saturated carbocycles. The molecule has 5 nitrogen and oxygen atoms in total. The number of rotatable bonds is 3. The van der Waals surface area contributed by atoms with E-state index in [-0.39, 0.29) is 29.1 Å². The summed E-state index contributed by atoms with van der Waals surface area (Å²) in [5, 5.41) is 29.6. The highest BCUT2D eigenvalue weighted by Crippen LogP contribution is 2.50. The molecule has 3 aromatic rings. The van der Waals surface area contributed by atoms with Crippen molar-refractivity contribution in [1.29, 1.82) is 0 Å². The van der Waals surface area contributed by atoms with Crippen LogP contribution in [0.4, 0.5) is 0 Å². The highest BCUT2D eigenvalue weighted by molar-refractivity contribution is 5.57. The summed E-state index contributed by atoms with van der Waals surface area (Å²) in [4.78, 5) is 0. The summed E-state index contributed by atoms with van der Waals surface area (Å²) in [6, 6.07) is 15.6. The second-order valence-corrected chi connectivity index (χ2v) is 7.09. The fraction of sp³-hybridized carbons (Fsp3) is 0.217. The van der Waals surface area contributed by atoms with E-state index in [9.17, 15) is 15.3 Å². The number of hydrogen-bond acceptors (Lipinski definition) is 5. The van der Waals surface area contributed by atoms with Gasteiger partial charge in [0, 0.05) is 35.1 Å². The predicted molar refractivity (Wildman–Crippen MR) is 106 cm³/mol. The molecule has 3 aromatic carbocycles. The molecule has 0 fully saturated rings. The van der Waals surface area contributed by atoms with Gasteiger partial charge in [-0.1, -0.05) is 18.2 Å². The van der Waals surface area contributed by atoms with Gasteiger partial charge in [0.2, 0.25) is 0 Å². The molecule has 4 rings (SSSR count). The smallest absolute Gasteiger partial charge is 0.126 e. The largest absolute Gasteiger partial charge is 0.508 e. The summed E-state index contributed by atoms with van der Waals surface area (Å²) in [5.41, 5.74) is 3.84. The second-order valence-electron chi connectivity index (χ2n) is 7.09. The van der Waals surface area contributed by atoms with Crippen molar-refractivity contribution in [2.75, 3.05) is 13.7 Å². The predicted octanol–water partition coefficient (Wildman–Crippen LogP) is 4.43. The van der Waals surface area contributed by atoms with E-state index in [1.165, 1.54) is 0 Å². The lowest BCUT2D eigenvalue weighted by Crippen LogP contribution is -2.26. The fourth-order valence-electron chi connectivity index (χ4n) is 4.08. The van der Waals surface area contributed by atoms with Crippen LogP contribution in [0, 0.1) is 6.92 Å². The van der Waals surface area contributed by atoms with Gasteiger partial charge in [-0.05, 0) is 42.3 Å². The van der Waals surface area contributed by atoms with Crippen molar-refractivity contribution >= 4 is 0 Å². The number of phenols is 3. The molecule has 0 spiro atoms. The zero-order valence-electron chi connectivity index (χ0n) is 15.7. The first-order chi connectivity index (χ1) is 13.5. The average Bonchev–Trinajstić information content (AvgIpc) is 2.67. The first-order valence-electron chi connectivity index (χ1n) is 9.10. The minimum Gasteiger partial charge on any atom is -0.508 e. The Balaban J connectivity index is 1.94. The molecule has 0 saturated heterocycles. The maximum Gasteiger partial charge on any atom is 0.126 e. The molecule has 0 amide bonds. The third-order valence-electron chi connectivity index (χ3n) is 5.34. The molecule has 5 heteroatoms. The van der Waals surface area contributed by atoms with Gasteiger partial charge in [-0.25, -0.2) is 0 Å². The molecule has 2 atom stereocenters. The number of ether oxygens (including phenoxy) is 2. The van der Waals surface area contributed by atoms with Crippen molar-refractivity contribution in [3.8, 4) is 28.7 Å². The molecule has 0 radical (unpaired) electrons. The van der Waals surface area contributed by atoms with Gasteiger partial charge < -0.3 is 24.8 Å². The summed E-state index contributed by atoms with van der Waals surface area (Å²) in [5.74, 6) is 1.61. The van der Waals surface area contributed by atoms with Crippen LogP contribution in [0.5, 0.6) is 28.7 Å². The van der Waals surface area contributed by atoms with Crippen LogP contribution in [0.1, 0.15) is 34.1 Å². The van der Waals surface area contributed by atoms with Crippen LogP contribution in [0.3, 0.4) is 0 Å². The van der Waals surface area contributed by atoms with E-state index in [0.717, 1.165) is 22.3 Å². The lowest BCUT2D eigenvalue weighted by Gasteiger charge is -2.36. The van der Waals surface area contributed by atoms with Crippen LogP contribution < -0.4 is 9.47 Å². The quantitative estimate of drug-likeness (QED) is 0.628. The van der Waals surface area contributed by atoms with E-state index < -0.39 is 0 Å². The van der Waals surface area contributed by atoms with Gasteiger partial charge in [-0.2, -0.15) is 0 Å². The van der Waals surface area contributed by atoms with Crippen molar-refractivity contribution in [2.45, 2.75) is 18.8 Å². The minimum atomic E-state index is -0.107. The van der Waals surface area contributed by atoms with Crippen molar-refractivity contribution in [3.63, 3.8) is 0 Å². The third-order valence-corrected chi connectivity index (χ3v) is 5.34. The summed E-state index contributed by atoms with van der Waals surface area (Å²) >= 11 is 0. The van der Waals surface area contributed by atoms with Crippen molar-refractivity contribution < 1.29 is 24.8 Å². The number of hydrogen-bond donors (Lipinski definition) is 3. The highest BCUT2D eigenvalue weighted by Gasteiger charge is 2.36. The van der Waals surface area contributed by atoms with Crippen LogP contribution >= 0.6 is 0 Å². The molecular formula is C23H22O5. The molecule has 0 aliphatic carbocycles. The number of aromatic hydroxyl groups is 3. The normalized spacial score (nSPS) is 18.2. The molecular weight excluding hydrogens is 356 g/mol. The standard InChI is InChI=1S/C23H22O5/c1-13-9-17(26)11-21(27-2)22(13)23-18-8-7-16(25)10-20(18)28-12-19(23)14-3-5-15(24)6-4-14/h3-11,19,23-26H,12H2,1-2H3. The van der Waals surface area contributed by atoms with Crippen LogP contribution in [0.2, 0.25) is 0 Å². The van der Waals surface area contributed by atoms with Crippen molar-refractivity contribution in [2.24, 2.45) is 0 Å². The monoisotopic (exact) mass is 378 g/mol. The van der Waals surface area contributed by atoms with Gasteiger partial charge in [-0.15, -0.1) is 0 Å². The molecule has 1 heterocycles. The third kappa shape index (κ3) is 3.09. The van der Waals surface area contributed by atoms with E-state index in [0.29, 0.717) is 18.1 Å². The van der Waals surface area contributed by atoms with Crippen molar-refractivity contribution in [1.82, 2.24) is 0 Å². The number of methoxy groups -OCH3 is 1. The Hall–Kier alpha value is -3.34. The summed E-state index contributed by atoms with van der Waals surface area (Å²) < 4.78 is 11.6. The van der Waals surface area contributed by atoms with Gasteiger partial charge in [0.25, 0.3) is 0 Å². The van der Waals surface area contributed by atoms with E-state index in [1.54, 1.807) is 43.5 Å². The number of benzene rings is 3. The molecule has 28 heavy (non-hydrogen) atoms. The molecule has 1 aliphatic rings. The number of phenolic OH excluding ortho intramolecular Hbond substituents is 3. The highest BCUT2D eigenvalue weighted by atomic mass is 16.5. The maximum atomic E-state index is 10.0. The Morgan fingerprint density at radius 1 is 0.893 bits per heavy atom. The molecule has 1 aliphatic heterocycles. The SMILES string of the molecule is COc1cc(O)cc(C)c1C1c2ccc(O)cc2OCC1c1ccc(O)cc1. The van der Waals surface area contributed by atoms with Gasteiger partial charge in [-0.3, -0.25) is 0 Å². The maximum absolute atomic E-state index is 10.0. The molecule has 3 N–H and O–H groups in total. The lowest BCUT2D eigenvalue weighted by atomic mass is 9.74. The Kier molecular flexibility index (Phi) is 4.51. The average molecular weight is 378 g/mol. The molecule has 0 bridgehead atoms. The van der Waals surface area contributed by atoms with Crippen LogP contribution in [0.25, 0.3) is 0 Å². The summed E-state index contributed by atoms with van der Waals surface area (Å²) in [7, 11) is 1.59. The first-order valence-corrected chi connectivity index (χ1v) is 9.10. The molecule has 0 aromatic heterocycles. The van der Waals surface area contributed by atoms with Crippen LogP contribution in [0.15, 0.2) is 54.6 Å². The van der Waals surface area contributed by atoms with Gasteiger partial charge in [0.05, 0.1) is 13.7 Å². The number of aryl methyl sites for hydroxylation is 1. The van der Waals surface area contributed by atoms with E-state index >= 15 is 0 Å². The zero-order chi connectivity index (χ0) is 19.8. The molecule has 144 valence electrons. The number of fused-ring (bicyclic) bond motifs is 1. The Morgan fingerprint density at radius 3 is 2.32 bits per heavy atom. The zero-order valence-corrected chi connectivity index (χ0v) is 15.7. The lowest BCUT2D eigenvalue weighted by molar-refractivity contribution is 0.245. The molecule has 2 unspecified atom stereocenters. The Bertz CT molecular complexity index is 1010. The summed E-state index contributed by atoms with van der Waals surface area (Å²) in [6.07, 6.45) is 0. The van der Waals surface area contributed by atoms with Gasteiger partial charge in [0.1, 0.15) is 28.7 Å². The minimum absolute atomic E-state index is 0.0326. The van der Waals surface area contributed by atoms with Crippen molar-refractivity contribution in [3.05, 3.63) is 76.9 Å². The van der Waals surface area contributed by atoms with Crippen LogP contribution in [-0.4, -0.2) is 29.0 Å². The van der Waals surface area contributed by atoms with Crippen LogP contribution in [-0.2, 0) is 0 Å².